The first-order valence-corrected chi connectivity index (χ1v) is 13.9. The number of carbonyl (C=O) groups is 2. The number of hydrogen-bond donors (Lipinski definition) is 2. The van der Waals surface area contributed by atoms with Crippen LogP contribution in [0.2, 0.25) is 15.1 Å². The van der Waals surface area contributed by atoms with Gasteiger partial charge in [0.2, 0.25) is 5.91 Å². The van der Waals surface area contributed by atoms with E-state index in [0.717, 1.165) is 34.9 Å². The maximum absolute atomic E-state index is 13.8. The molecule has 1 atom stereocenters. The molecule has 0 bridgehead atoms. The number of aliphatic carboxylic acids is 1. The Bertz CT molecular complexity index is 1550. The lowest BCUT2D eigenvalue weighted by molar-refractivity contribution is -0.147. The Hall–Kier alpha value is -3.12. The number of amides is 1. The number of carboxylic acid groups (broad SMARTS) is 1. The van der Waals surface area contributed by atoms with Gasteiger partial charge in [0.1, 0.15) is 5.54 Å². The Morgan fingerprint density at radius 2 is 1.62 bits per heavy atom. The predicted octanol–water partition coefficient (Wildman–Crippen LogP) is 7.88. The quantitative estimate of drug-likeness (QED) is 0.233. The largest absolute Gasteiger partial charge is 0.480 e. The van der Waals surface area contributed by atoms with Gasteiger partial charge >= 0.3 is 5.97 Å². The highest BCUT2D eigenvalue weighted by Gasteiger charge is 2.46. The molecule has 1 aliphatic rings. The second-order valence-corrected chi connectivity index (χ2v) is 11.6. The number of hydrogen-bond acceptors (Lipinski definition) is 3. The first-order valence-electron chi connectivity index (χ1n) is 12.8. The van der Waals surface area contributed by atoms with E-state index in [4.69, 9.17) is 39.8 Å². The third-order valence-electron chi connectivity index (χ3n) is 7.68. The van der Waals surface area contributed by atoms with Crippen molar-refractivity contribution in [3.63, 3.8) is 0 Å². The first kappa shape index (κ1) is 27.4. The molecule has 1 unspecified atom stereocenters. The van der Waals surface area contributed by atoms with E-state index in [0.29, 0.717) is 39.2 Å². The molecule has 8 heteroatoms. The van der Waals surface area contributed by atoms with E-state index >= 15 is 0 Å². The zero-order valence-electron chi connectivity index (χ0n) is 21.3. The molecule has 5 rings (SSSR count). The second-order valence-electron chi connectivity index (χ2n) is 10.4. The van der Waals surface area contributed by atoms with Gasteiger partial charge in [0, 0.05) is 22.4 Å². The number of rotatable bonds is 7. The molecule has 0 spiro atoms. The topological polar surface area (TPSA) is 79.3 Å². The Balaban J connectivity index is 1.42. The summed E-state index contributed by atoms with van der Waals surface area (Å²) in [6, 6.07) is 21.9. The molecule has 4 aromatic rings. The van der Waals surface area contributed by atoms with Gasteiger partial charge in [-0.1, -0.05) is 78.0 Å². The monoisotopic (exact) mass is 580 g/mol. The number of fused-ring (bicyclic) bond motifs is 1. The van der Waals surface area contributed by atoms with Crippen molar-refractivity contribution < 1.29 is 14.7 Å². The summed E-state index contributed by atoms with van der Waals surface area (Å²) in [7, 11) is 0. The lowest BCUT2D eigenvalue weighted by Gasteiger charge is -2.34. The van der Waals surface area contributed by atoms with Crippen LogP contribution >= 0.6 is 34.8 Å². The van der Waals surface area contributed by atoms with Gasteiger partial charge in [-0.3, -0.25) is 4.79 Å². The van der Waals surface area contributed by atoms with E-state index in [1.54, 1.807) is 37.3 Å². The Kier molecular flexibility index (Phi) is 7.60. The van der Waals surface area contributed by atoms with Crippen molar-refractivity contribution in [2.75, 3.05) is 0 Å². The normalized spacial score (nSPS) is 16.1. The van der Waals surface area contributed by atoms with Crippen molar-refractivity contribution in [1.29, 1.82) is 0 Å². The number of pyridine rings is 1. The van der Waals surface area contributed by atoms with Gasteiger partial charge in [-0.2, -0.15) is 0 Å². The average molecular weight is 582 g/mol. The van der Waals surface area contributed by atoms with Crippen molar-refractivity contribution in [2.45, 2.75) is 50.0 Å². The van der Waals surface area contributed by atoms with Crippen LogP contribution in [-0.4, -0.2) is 27.5 Å². The van der Waals surface area contributed by atoms with Crippen molar-refractivity contribution in [2.24, 2.45) is 0 Å². The molecule has 2 N–H and O–H groups in total. The Morgan fingerprint density at radius 1 is 0.949 bits per heavy atom. The Labute approximate surface area is 242 Å². The zero-order chi connectivity index (χ0) is 27.8. The van der Waals surface area contributed by atoms with Crippen LogP contribution in [-0.2, 0) is 21.4 Å². The van der Waals surface area contributed by atoms with Gasteiger partial charge in [0.15, 0.2) is 0 Å². The van der Waals surface area contributed by atoms with E-state index in [-0.39, 0.29) is 12.3 Å². The SMILES string of the molecule is CC(Cc1ccc2nc(-c3c(Cl)cccc3Cl)ccc2c1)(NC(=O)C1(c2ccc(Cl)cc2)CCCC1)C(=O)O. The molecule has 0 saturated heterocycles. The minimum atomic E-state index is -1.51. The summed E-state index contributed by atoms with van der Waals surface area (Å²) >= 11 is 18.8. The molecule has 1 amide bonds. The molecule has 1 fully saturated rings. The molecule has 5 nitrogen and oxygen atoms in total. The minimum absolute atomic E-state index is 0.110. The van der Waals surface area contributed by atoms with Crippen molar-refractivity contribution in [1.82, 2.24) is 10.3 Å². The molecule has 200 valence electrons. The predicted molar refractivity (Wildman–Crippen MR) is 157 cm³/mol. The second kappa shape index (κ2) is 10.8. The number of aromatic nitrogens is 1. The molecule has 1 aromatic heterocycles. The van der Waals surface area contributed by atoms with Crippen LogP contribution in [0, 0.1) is 0 Å². The molecule has 1 aliphatic carbocycles. The highest BCUT2D eigenvalue weighted by atomic mass is 35.5. The maximum Gasteiger partial charge on any atom is 0.329 e. The standard InChI is InChI=1S/C31H27Cl3N2O3/c1-30(29(38)39,36-28(37)31(15-2-3-16-31)21-9-11-22(32)12-10-21)18-19-7-13-25-20(17-19)8-14-26(35-25)27-23(33)5-4-6-24(27)34/h4-14,17H,2-3,15-16,18H2,1H3,(H,36,37)(H,38,39). The van der Waals surface area contributed by atoms with Crippen molar-refractivity contribution >= 4 is 57.6 Å². The number of nitrogens with zero attached hydrogens (tertiary/aromatic N) is 1. The summed E-state index contributed by atoms with van der Waals surface area (Å²) in [6.07, 6.45) is 3.24. The third-order valence-corrected chi connectivity index (χ3v) is 8.56. The highest BCUT2D eigenvalue weighted by molar-refractivity contribution is 6.39. The number of carboxylic acids is 1. The van der Waals surface area contributed by atoms with E-state index < -0.39 is 16.9 Å². The molecule has 1 saturated carbocycles. The average Bonchev–Trinajstić information content (AvgIpc) is 3.40. The van der Waals surface area contributed by atoms with Crippen LogP contribution in [0.15, 0.2) is 72.8 Å². The van der Waals surface area contributed by atoms with Gasteiger partial charge in [0.05, 0.1) is 26.7 Å². The summed E-state index contributed by atoms with van der Waals surface area (Å²) in [5.41, 5.74) is 1.38. The van der Waals surface area contributed by atoms with Crippen molar-refractivity contribution in [3.8, 4) is 11.3 Å². The van der Waals surface area contributed by atoms with E-state index in [1.807, 2.05) is 42.5 Å². The van der Waals surface area contributed by atoms with E-state index in [2.05, 4.69) is 5.32 Å². The van der Waals surface area contributed by atoms with Gasteiger partial charge in [0.25, 0.3) is 0 Å². The molecule has 1 heterocycles. The molecule has 0 aliphatic heterocycles. The fraction of sp³-hybridized carbons (Fsp3) is 0.258. The molecule has 39 heavy (non-hydrogen) atoms. The first-order chi connectivity index (χ1) is 18.6. The molecule has 0 radical (unpaired) electrons. The summed E-state index contributed by atoms with van der Waals surface area (Å²) in [4.78, 5) is 31.0. The van der Waals surface area contributed by atoms with E-state index in [9.17, 15) is 14.7 Å². The lowest BCUT2D eigenvalue weighted by atomic mass is 9.77. The van der Waals surface area contributed by atoms with Crippen molar-refractivity contribution in [3.05, 3.63) is 99.0 Å². The number of benzene rings is 3. The lowest BCUT2D eigenvalue weighted by Crippen LogP contribution is -2.58. The number of carbonyl (C=O) groups excluding carboxylic acids is 1. The molecular weight excluding hydrogens is 555 g/mol. The summed E-state index contributed by atoms with van der Waals surface area (Å²) < 4.78 is 0. The maximum atomic E-state index is 13.8. The summed E-state index contributed by atoms with van der Waals surface area (Å²) in [5, 5.41) is 15.6. The zero-order valence-corrected chi connectivity index (χ0v) is 23.6. The fourth-order valence-corrected chi connectivity index (χ4v) is 6.23. The van der Waals surface area contributed by atoms with Crippen LogP contribution in [0.4, 0.5) is 0 Å². The number of halogens is 3. The van der Waals surface area contributed by atoms with Gasteiger partial charge in [-0.15, -0.1) is 0 Å². The third kappa shape index (κ3) is 5.36. The fourth-order valence-electron chi connectivity index (χ4n) is 5.51. The molecular formula is C31H27Cl3N2O3. The Morgan fingerprint density at radius 3 is 2.26 bits per heavy atom. The smallest absolute Gasteiger partial charge is 0.329 e. The van der Waals surface area contributed by atoms with Crippen LogP contribution in [0.5, 0.6) is 0 Å². The van der Waals surface area contributed by atoms with Gasteiger partial charge < -0.3 is 10.4 Å². The van der Waals surface area contributed by atoms with Crippen LogP contribution in [0.3, 0.4) is 0 Å². The highest BCUT2D eigenvalue weighted by Crippen LogP contribution is 2.42. The minimum Gasteiger partial charge on any atom is -0.480 e. The van der Waals surface area contributed by atoms with Crippen LogP contribution in [0.25, 0.3) is 22.2 Å². The van der Waals surface area contributed by atoms with Crippen LogP contribution in [0.1, 0.15) is 43.7 Å². The van der Waals surface area contributed by atoms with Gasteiger partial charge in [-0.05, 0) is 73.4 Å². The summed E-state index contributed by atoms with van der Waals surface area (Å²) in [6.45, 7) is 1.56. The van der Waals surface area contributed by atoms with Crippen LogP contribution < -0.4 is 5.32 Å². The molecule has 3 aromatic carbocycles. The number of nitrogens with one attached hydrogen (secondary N) is 1. The van der Waals surface area contributed by atoms with Gasteiger partial charge in [-0.25, -0.2) is 9.78 Å². The van der Waals surface area contributed by atoms with E-state index in [1.165, 1.54) is 0 Å². The summed E-state index contributed by atoms with van der Waals surface area (Å²) in [5.74, 6) is -1.36.